The van der Waals surface area contributed by atoms with Crippen LogP contribution in [0.3, 0.4) is 0 Å². The first-order chi connectivity index (χ1) is 13.8. The molecule has 160 valence electrons. The van der Waals surface area contributed by atoms with Crippen LogP contribution < -0.4 is 0 Å². The summed E-state index contributed by atoms with van der Waals surface area (Å²) in [4.78, 5) is 4.25. The van der Waals surface area contributed by atoms with Crippen LogP contribution in [-0.4, -0.2) is 24.5 Å². The van der Waals surface area contributed by atoms with E-state index in [1.807, 2.05) is 6.07 Å². The molecule has 0 saturated carbocycles. The average molecular weight is 545 g/mol. The van der Waals surface area contributed by atoms with Crippen molar-refractivity contribution in [2.45, 2.75) is 37.3 Å². The quantitative estimate of drug-likeness (QED) is 0.249. The second kappa shape index (κ2) is 6.81. The van der Waals surface area contributed by atoms with Gasteiger partial charge in [0.25, 0.3) is 0 Å². The van der Waals surface area contributed by atoms with E-state index in [2.05, 4.69) is 27.6 Å². The van der Waals surface area contributed by atoms with Crippen molar-refractivity contribution in [3.05, 3.63) is 62.2 Å². The molecule has 2 aliphatic heterocycles. The molecule has 0 radical (unpaired) electrons. The monoisotopic (exact) mass is 545 g/mol. The lowest BCUT2D eigenvalue weighted by Gasteiger charge is -2.30. The third-order valence-electron chi connectivity index (χ3n) is 4.84. The van der Waals surface area contributed by atoms with Crippen LogP contribution in [0.1, 0.15) is 28.4 Å². The van der Waals surface area contributed by atoms with Crippen LogP contribution >= 0.6 is 22.6 Å². The highest BCUT2D eigenvalue weighted by atomic mass is 127. The van der Waals surface area contributed by atoms with Crippen molar-refractivity contribution in [1.82, 2.24) is 0 Å². The van der Waals surface area contributed by atoms with Crippen molar-refractivity contribution in [3.8, 4) is 0 Å². The van der Waals surface area contributed by atoms with Gasteiger partial charge in [0, 0.05) is 20.3 Å². The maximum atomic E-state index is 14.3. The molecule has 2 heterocycles. The third-order valence-corrected chi connectivity index (χ3v) is 5.79. The zero-order chi connectivity index (χ0) is 22.1. The zero-order valence-electron chi connectivity index (χ0n) is 14.9. The Morgan fingerprint density at radius 3 is 2.23 bits per heavy atom. The smallest absolute Gasteiger partial charge is 0.435 e. The van der Waals surface area contributed by atoms with E-state index in [0.717, 1.165) is 15.2 Å². The normalized spacial score (nSPS) is 22.4. The number of fused-ring (bicyclic) bond motifs is 3. The van der Waals surface area contributed by atoms with Gasteiger partial charge in [-0.25, -0.2) is 9.38 Å². The molecule has 3 nitrogen and oxygen atoms in total. The molecule has 0 bridgehead atoms. The second-order valence-corrected chi connectivity index (χ2v) is 7.98. The van der Waals surface area contributed by atoms with Crippen molar-refractivity contribution >= 4 is 34.2 Å². The van der Waals surface area contributed by atoms with Crippen LogP contribution in [0.4, 0.5) is 36.4 Å². The molecular formula is C19H11F7INO2. The van der Waals surface area contributed by atoms with E-state index in [1.165, 1.54) is 6.92 Å². The number of aryl methyl sites for hydroxylation is 1. The maximum absolute atomic E-state index is 14.3. The van der Waals surface area contributed by atoms with E-state index >= 15 is 0 Å². The molecule has 2 unspecified atom stereocenters. The summed E-state index contributed by atoms with van der Waals surface area (Å²) in [6, 6.07) is 7.16. The van der Waals surface area contributed by atoms with Gasteiger partial charge in [0.15, 0.2) is 6.10 Å². The van der Waals surface area contributed by atoms with Gasteiger partial charge in [-0.1, -0.05) is 18.2 Å². The minimum absolute atomic E-state index is 0.0457. The van der Waals surface area contributed by atoms with Gasteiger partial charge in [0.05, 0.1) is 5.69 Å². The molecule has 2 aromatic rings. The number of rotatable bonds is 2. The van der Waals surface area contributed by atoms with Crippen LogP contribution in [0.25, 0.3) is 0 Å². The molecule has 2 atom stereocenters. The Bertz CT molecular complexity index is 1030. The molecular weight excluding hydrogens is 534 g/mol. The Labute approximate surface area is 179 Å². The number of alkyl halides is 7. The van der Waals surface area contributed by atoms with Gasteiger partial charge in [-0.05, 0) is 53.3 Å². The molecule has 0 aliphatic carbocycles. The minimum atomic E-state index is -6.18. The summed E-state index contributed by atoms with van der Waals surface area (Å²) in [5, 5.41) is 0. The Balaban J connectivity index is 1.77. The first kappa shape index (κ1) is 21.3. The summed E-state index contributed by atoms with van der Waals surface area (Å²) >= 11 is 2.12. The van der Waals surface area contributed by atoms with E-state index in [1.54, 1.807) is 12.1 Å². The molecule has 0 spiro atoms. The average Bonchev–Trinajstić information content (AvgIpc) is 3.40. The van der Waals surface area contributed by atoms with E-state index in [4.69, 9.17) is 9.47 Å². The lowest BCUT2D eigenvalue weighted by molar-refractivity contribution is -0.348. The number of halogens is 8. The molecule has 2 aliphatic rings. The van der Waals surface area contributed by atoms with E-state index in [0.29, 0.717) is 17.7 Å². The van der Waals surface area contributed by atoms with E-state index < -0.39 is 29.9 Å². The van der Waals surface area contributed by atoms with Crippen LogP contribution in [0, 0.1) is 10.5 Å². The number of hydrogen-bond acceptors (Lipinski definition) is 3. The molecule has 2 aromatic carbocycles. The number of aliphatic imine (C=N–C) groups is 1. The number of epoxide rings is 1. The van der Waals surface area contributed by atoms with Gasteiger partial charge in [-0.3, -0.25) is 0 Å². The number of benzene rings is 2. The topological polar surface area (TPSA) is 34.1 Å². The number of nitrogens with zero attached hydrogens (tertiary/aromatic N) is 1. The summed E-state index contributed by atoms with van der Waals surface area (Å²) in [5.41, 5.74) is -5.63. The van der Waals surface area contributed by atoms with Crippen LogP contribution in [0.2, 0.25) is 0 Å². The lowest BCUT2D eigenvalue weighted by Crippen LogP contribution is -2.50. The first-order valence-corrected chi connectivity index (χ1v) is 9.55. The fourth-order valence-corrected chi connectivity index (χ4v) is 4.06. The summed E-state index contributed by atoms with van der Waals surface area (Å²) in [6.07, 6.45) is -13.2. The van der Waals surface area contributed by atoms with Gasteiger partial charge in [-0.15, -0.1) is 0 Å². The fourth-order valence-electron chi connectivity index (χ4n) is 3.26. The van der Waals surface area contributed by atoms with Gasteiger partial charge in [-0.2, -0.15) is 26.3 Å². The molecule has 0 amide bonds. The highest BCUT2D eigenvalue weighted by Gasteiger charge is 2.73. The van der Waals surface area contributed by atoms with Crippen LogP contribution in [0.15, 0.2) is 41.4 Å². The zero-order valence-corrected chi connectivity index (χ0v) is 17.1. The van der Waals surface area contributed by atoms with Gasteiger partial charge >= 0.3 is 18.0 Å². The van der Waals surface area contributed by atoms with Crippen molar-refractivity contribution in [1.29, 1.82) is 0 Å². The number of hydrogen-bond donors (Lipinski definition) is 0. The predicted octanol–water partition coefficient (Wildman–Crippen LogP) is 6.39. The fraction of sp³-hybridized carbons (Fsp3) is 0.316. The maximum Gasteiger partial charge on any atom is 0.435 e. The second-order valence-electron chi connectivity index (χ2n) is 6.82. The Morgan fingerprint density at radius 1 is 0.967 bits per heavy atom. The van der Waals surface area contributed by atoms with Crippen molar-refractivity contribution in [2.75, 3.05) is 0 Å². The van der Waals surface area contributed by atoms with Crippen LogP contribution in [0.5, 0.6) is 0 Å². The standard InChI is InChI=1S/C19H11F7INO2/c1-8-7-9(17(20,18(21,22)23)19(24,25)26)5-6-12(8)28-15-10-3-2-4-11(27)13(10)14-16(29-14)30-15/h2-7,14,16H,1H3. The highest BCUT2D eigenvalue weighted by Crippen LogP contribution is 2.53. The van der Waals surface area contributed by atoms with Crippen molar-refractivity contribution in [2.24, 2.45) is 4.99 Å². The van der Waals surface area contributed by atoms with Gasteiger partial charge < -0.3 is 9.47 Å². The minimum Gasteiger partial charge on any atom is -0.444 e. The van der Waals surface area contributed by atoms with Gasteiger partial charge in [0.1, 0.15) is 0 Å². The highest BCUT2D eigenvalue weighted by molar-refractivity contribution is 14.1. The van der Waals surface area contributed by atoms with E-state index in [-0.39, 0.29) is 23.3 Å². The van der Waals surface area contributed by atoms with Crippen molar-refractivity contribution < 1.29 is 40.2 Å². The molecule has 30 heavy (non-hydrogen) atoms. The van der Waals surface area contributed by atoms with Gasteiger partial charge in [0.2, 0.25) is 12.2 Å². The molecule has 4 rings (SSSR count). The van der Waals surface area contributed by atoms with Crippen molar-refractivity contribution in [3.63, 3.8) is 0 Å². The largest absolute Gasteiger partial charge is 0.444 e. The summed E-state index contributed by atoms with van der Waals surface area (Å²) in [5.74, 6) is 0.122. The lowest BCUT2D eigenvalue weighted by atomic mass is 9.92. The Hall–Kier alpha value is -1.89. The first-order valence-electron chi connectivity index (χ1n) is 8.47. The third kappa shape index (κ3) is 3.26. The molecule has 1 fully saturated rings. The predicted molar refractivity (Wildman–Crippen MR) is 100 cm³/mol. The Kier molecular flexibility index (Phi) is 4.84. The Morgan fingerprint density at radius 2 is 1.63 bits per heavy atom. The molecule has 0 N–H and O–H groups in total. The van der Waals surface area contributed by atoms with Crippen LogP contribution in [-0.2, 0) is 15.1 Å². The molecule has 11 heteroatoms. The summed E-state index contributed by atoms with van der Waals surface area (Å²) in [7, 11) is 0. The summed E-state index contributed by atoms with van der Waals surface area (Å²) < 4.78 is 104. The SMILES string of the molecule is Cc1cc(C(F)(C(F)(F)F)C(F)(F)F)ccc1N=C1OC2OC2c2c(I)cccc21. The van der Waals surface area contributed by atoms with E-state index in [9.17, 15) is 30.7 Å². The molecule has 1 saturated heterocycles. The summed E-state index contributed by atoms with van der Waals surface area (Å²) in [6.45, 7) is 1.24. The molecule has 0 aromatic heterocycles. The number of ether oxygens (including phenoxy) is 2.